The third-order valence-corrected chi connectivity index (χ3v) is 5.07. The third kappa shape index (κ3) is 5.48. The molecule has 0 aliphatic heterocycles. The molecule has 0 radical (unpaired) electrons. The number of aromatic nitrogens is 2. The number of nitrogens with zero attached hydrogens (tertiary/aromatic N) is 2. The predicted molar refractivity (Wildman–Crippen MR) is 123 cm³/mol. The van der Waals surface area contributed by atoms with E-state index in [0.717, 1.165) is 17.0 Å². The molecule has 0 bridgehead atoms. The van der Waals surface area contributed by atoms with E-state index in [1.54, 1.807) is 22.9 Å². The van der Waals surface area contributed by atoms with E-state index < -0.39 is 12.1 Å². The Morgan fingerprint density at radius 2 is 1.69 bits per heavy atom. The molecule has 32 heavy (non-hydrogen) atoms. The van der Waals surface area contributed by atoms with Crippen molar-refractivity contribution >= 4 is 5.97 Å². The van der Waals surface area contributed by atoms with E-state index >= 15 is 0 Å². The summed E-state index contributed by atoms with van der Waals surface area (Å²) in [4.78, 5) is 11.2. The van der Waals surface area contributed by atoms with E-state index in [9.17, 15) is 15.0 Å². The Balaban J connectivity index is 2.16. The van der Waals surface area contributed by atoms with Crippen molar-refractivity contribution in [3.8, 4) is 34.0 Å². The topological polar surface area (TPSA) is 93.8 Å². The molecular weight excluding hydrogens is 408 g/mol. The van der Waals surface area contributed by atoms with Gasteiger partial charge in [-0.2, -0.15) is 5.10 Å². The molecule has 7 nitrogen and oxygen atoms in total. The monoisotopic (exact) mass is 438 g/mol. The number of rotatable bonds is 11. The zero-order valence-electron chi connectivity index (χ0n) is 18.7. The molecule has 1 unspecified atom stereocenters. The first-order valence-electron chi connectivity index (χ1n) is 10.9. The fourth-order valence-electron chi connectivity index (χ4n) is 3.54. The van der Waals surface area contributed by atoms with E-state index in [1.165, 1.54) is 0 Å². The Bertz CT molecular complexity index is 1060. The third-order valence-electron chi connectivity index (χ3n) is 5.07. The molecule has 2 aromatic carbocycles. The highest BCUT2D eigenvalue weighted by Crippen LogP contribution is 2.36. The summed E-state index contributed by atoms with van der Waals surface area (Å²) in [7, 11) is 0. The second-order valence-corrected chi connectivity index (χ2v) is 7.42. The number of ether oxygens (including phenoxy) is 2. The summed E-state index contributed by atoms with van der Waals surface area (Å²) in [6.45, 7) is 7.08. The van der Waals surface area contributed by atoms with Gasteiger partial charge in [0.05, 0.1) is 43.7 Å². The quantitative estimate of drug-likeness (QED) is 0.461. The van der Waals surface area contributed by atoms with Crippen LogP contribution in [0.15, 0.2) is 48.5 Å². The number of para-hydroxylation sites is 1. The molecular formula is C25H30N2O5. The number of hydrogen-bond acceptors (Lipinski definition) is 5. The number of aliphatic hydroxyl groups excluding tert-OH is 1. The van der Waals surface area contributed by atoms with Crippen LogP contribution in [0.4, 0.5) is 0 Å². The van der Waals surface area contributed by atoms with Gasteiger partial charge in [0.15, 0.2) is 0 Å². The summed E-state index contributed by atoms with van der Waals surface area (Å²) < 4.78 is 13.4. The van der Waals surface area contributed by atoms with Gasteiger partial charge in [0.2, 0.25) is 0 Å². The van der Waals surface area contributed by atoms with Crippen molar-refractivity contribution in [2.24, 2.45) is 0 Å². The van der Waals surface area contributed by atoms with E-state index in [0.29, 0.717) is 48.7 Å². The fraction of sp³-hybridized carbons (Fsp3) is 0.360. The number of aliphatic carboxylic acids is 1. The van der Waals surface area contributed by atoms with Crippen LogP contribution < -0.4 is 9.47 Å². The van der Waals surface area contributed by atoms with Crippen LogP contribution in [-0.4, -0.2) is 45.3 Å². The van der Waals surface area contributed by atoms with E-state index in [-0.39, 0.29) is 6.42 Å². The van der Waals surface area contributed by atoms with Crippen molar-refractivity contribution in [1.82, 2.24) is 9.78 Å². The van der Waals surface area contributed by atoms with Crippen LogP contribution in [0.5, 0.6) is 11.5 Å². The summed E-state index contributed by atoms with van der Waals surface area (Å²) in [6.07, 6.45) is -0.0418. The first-order valence-corrected chi connectivity index (χ1v) is 10.9. The van der Waals surface area contributed by atoms with Crippen molar-refractivity contribution in [2.75, 3.05) is 13.2 Å². The molecule has 2 N–H and O–H groups in total. The molecule has 0 saturated heterocycles. The number of hydrogen-bond donors (Lipinski definition) is 2. The van der Waals surface area contributed by atoms with Gasteiger partial charge in [-0.05, 0) is 56.2 Å². The Morgan fingerprint density at radius 1 is 1.00 bits per heavy atom. The minimum Gasteiger partial charge on any atom is -0.493 e. The van der Waals surface area contributed by atoms with E-state index in [2.05, 4.69) is 0 Å². The van der Waals surface area contributed by atoms with Crippen LogP contribution in [0.1, 0.15) is 32.8 Å². The average molecular weight is 439 g/mol. The molecule has 3 rings (SSSR count). The first kappa shape index (κ1) is 23.3. The Morgan fingerprint density at radius 3 is 2.34 bits per heavy atom. The number of carboxylic acids is 1. The molecule has 0 saturated carbocycles. The van der Waals surface area contributed by atoms with Crippen molar-refractivity contribution in [3.63, 3.8) is 0 Å². The molecule has 7 heteroatoms. The summed E-state index contributed by atoms with van der Waals surface area (Å²) in [6, 6.07) is 15.0. The lowest BCUT2D eigenvalue weighted by molar-refractivity contribution is -0.136. The van der Waals surface area contributed by atoms with Gasteiger partial charge in [-0.15, -0.1) is 0 Å². The average Bonchev–Trinajstić information content (AvgIpc) is 3.18. The summed E-state index contributed by atoms with van der Waals surface area (Å²) >= 11 is 0. The van der Waals surface area contributed by atoms with Gasteiger partial charge in [0, 0.05) is 11.1 Å². The Kier molecular flexibility index (Phi) is 7.89. The molecule has 0 aliphatic carbocycles. The van der Waals surface area contributed by atoms with Crippen LogP contribution in [0.25, 0.3) is 22.5 Å². The van der Waals surface area contributed by atoms with Gasteiger partial charge in [-0.3, -0.25) is 9.48 Å². The lowest BCUT2D eigenvalue weighted by Crippen LogP contribution is -2.16. The van der Waals surface area contributed by atoms with Crippen molar-refractivity contribution in [1.29, 1.82) is 0 Å². The van der Waals surface area contributed by atoms with Gasteiger partial charge < -0.3 is 19.7 Å². The molecule has 1 heterocycles. The van der Waals surface area contributed by atoms with Gasteiger partial charge >= 0.3 is 5.97 Å². The second kappa shape index (κ2) is 10.8. The Labute approximate surface area is 188 Å². The molecule has 1 aromatic heterocycles. The van der Waals surface area contributed by atoms with Crippen molar-refractivity contribution in [3.05, 3.63) is 54.1 Å². The van der Waals surface area contributed by atoms with Crippen LogP contribution in [0.3, 0.4) is 0 Å². The summed E-state index contributed by atoms with van der Waals surface area (Å²) in [5.41, 5.74) is 3.70. The van der Waals surface area contributed by atoms with Crippen molar-refractivity contribution < 1.29 is 24.5 Å². The second-order valence-electron chi connectivity index (χ2n) is 7.42. The minimum atomic E-state index is -0.900. The van der Waals surface area contributed by atoms with Gasteiger partial charge in [-0.25, -0.2) is 0 Å². The highest BCUT2D eigenvalue weighted by Gasteiger charge is 2.19. The van der Waals surface area contributed by atoms with Gasteiger partial charge in [0.25, 0.3) is 0 Å². The van der Waals surface area contributed by atoms with Crippen LogP contribution in [0, 0.1) is 0 Å². The predicted octanol–water partition coefficient (Wildman–Crippen LogP) is 4.41. The fourth-order valence-corrected chi connectivity index (χ4v) is 3.54. The van der Waals surface area contributed by atoms with Crippen LogP contribution >= 0.6 is 0 Å². The molecule has 0 spiro atoms. The van der Waals surface area contributed by atoms with Gasteiger partial charge in [-0.1, -0.05) is 25.1 Å². The van der Waals surface area contributed by atoms with E-state index in [1.807, 2.05) is 51.1 Å². The number of carboxylic acid groups (broad SMARTS) is 1. The standard InChI is InChI=1S/C25H30N2O5/c1-4-18(28)16-27-22(19-9-7-8-10-23(19)31-5-2)15-21(26-27)20-13-17(14-25(29)30)11-12-24(20)32-6-3/h7-13,15,18,28H,4-6,14,16H2,1-3H3,(H,29,30). The maximum absolute atomic E-state index is 11.2. The summed E-state index contributed by atoms with van der Waals surface area (Å²) in [5, 5.41) is 24.3. The summed E-state index contributed by atoms with van der Waals surface area (Å²) in [5.74, 6) is 0.466. The highest BCUT2D eigenvalue weighted by atomic mass is 16.5. The molecule has 3 aromatic rings. The molecule has 0 fully saturated rings. The first-order chi connectivity index (χ1) is 15.5. The minimum absolute atomic E-state index is 0.0886. The molecule has 0 aliphatic rings. The van der Waals surface area contributed by atoms with Crippen LogP contribution in [-0.2, 0) is 17.8 Å². The van der Waals surface area contributed by atoms with Gasteiger partial charge in [0.1, 0.15) is 11.5 Å². The number of aliphatic hydroxyl groups is 1. The molecule has 0 amide bonds. The number of carbonyl (C=O) groups is 1. The lowest BCUT2D eigenvalue weighted by atomic mass is 10.0. The maximum Gasteiger partial charge on any atom is 0.307 e. The maximum atomic E-state index is 11.2. The number of benzene rings is 2. The lowest BCUT2D eigenvalue weighted by Gasteiger charge is -2.14. The Hall–Kier alpha value is -3.32. The zero-order chi connectivity index (χ0) is 23.1. The normalized spacial score (nSPS) is 11.9. The molecule has 170 valence electrons. The largest absolute Gasteiger partial charge is 0.493 e. The SMILES string of the molecule is CCOc1ccc(CC(=O)O)cc1-c1cc(-c2ccccc2OCC)n(CC(O)CC)n1. The zero-order valence-corrected chi connectivity index (χ0v) is 18.7. The van der Waals surface area contributed by atoms with E-state index in [4.69, 9.17) is 14.6 Å². The smallest absolute Gasteiger partial charge is 0.307 e. The van der Waals surface area contributed by atoms with Crippen molar-refractivity contribution in [2.45, 2.75) is 46.3 Å². The molecule has 1 atom stereocenters. The van der Waals surface area contributed by atoms with Crippen LogP contribution in [0.2, 0.25) is 0 Å². The highest BCUT2D eigenvalue weighted by molar-refractivity contribution is 5.77.